The average Bonchev–Trinajstić information content (AvgIpc) is 2.80. The highest BCUT2D eigenvalue weighted by atomic mass is 32.2. The van der Waals surface area contributed by atoms with Crippen LogP contribution in [0.1, 0.15) is 49.0 Å². The summed E-state index contributed by atoms with van der Waals surface area (Å²) in [4.78, 5) is 36.3. The largest absolute Gasteiger partial charge is 0.449 e. The maximum Gasteiger partial charge on any atom is 0.338 e. The molecule has 0 aliphatic carbocycles. The van der Waals surface area contributed by atoms with Crippen molar-refractivity contribution in [2.24, 2.45) is 0 Å². The van der Waals surface area contributed by atoms with E-state index in [1.54, 1.807) is 37.3 Å². The summed E-state index contributed by atoms with van der Waals surface area (Å²) in [6.45, 7) is 5.42. The summed E-state index contributed by atoms with van der Waals surface area (Å²) in [5.74, 6) is -1.55. The van der Waals surface area contributed by atoms with Gasteiger partial charge in [0.15, 0.2) is 6.10 Å². The molecule has 2 aromatic carbocycles. The highest BCUT2D eigenvalue weighted by Crippen LogP contribution is 2.25. The lowest BCUT2D eigenvalue weighted by atomic mass is 10.1. The van der Waals surface area contributed by atoms with Crippen molar-refractivity contribution >= 4 is 39.2 Å². The molecule has 0 unspecified atom stereocenters. The summed E-state index contributed by atoms with van der Waals surface area (Å²) in [6.07, 6.45) is 1.49. The quantitative estimate of drug-likeness (QED) is 0.578. The van der Waals surface area contributed by atoms with E-state index in [4.69, 9.17) is 4.74 Å². The second-order valence-electron chi connectivity index (χ2n) is 8.24. The SMILES string of the molecule is CC(=O)Nc1ccc(NC(=O)[C@@H](C)OC(=O)c2ccc(C)c(S(=O)(=O)N3CCCCC3)c2)cc1. The second-order valence-corrected chi connectivity index (χ2v) is 10.1. The van der Waals surface area contributed by atoms with Crippen molar-refractivity contribution in [2.45, 2.75) is 51.0 Å². The third-order valence-electron chi connectivity index (χ3n) is 5.48. The molecule has 1 aliphatic heterocycles. The Morgan fingerprint density at radius 3 is 2.12 bits per heavy atom. The van der Waals surface area contributed by atoms with Gasteiger partial charge in [0.05, 0.1) is 10.5 Å². The van der Waals surface area contributed by atoms with Gasteiger partial charge in [0.2, 0.25) is 15.9 Å². The van der Waals surface area contributed by atoms with E-state index in [9.17, 15) is 22.8 Å². The van der Waals surface area contributed by atoms with Crippen LogP contribution in [0.25, 0.3) is 0 Å². The Morgan fingerprint density at radius 1 is 0.941 bits per heavy atom. The summed E-state index contributed by atoms with van der Waals surface area (Å²) in [5, 5.41) is 5.26. The minimum atomic E-state index is -3.73. The summed E-state index contributed by atoms with van der Waals surface area (Å²) in [7, 11) is -3.73. The predicted octanol–water partition coefficient (Wildman–Crippen LogP) is 3.31. The molecule has 34 heavy (non-hydrogen) atoms. The predicted molar refractivity (Wildman–Crippen MR) is 128 cm³/mol. The molecule has 182 valence electrons. The van der Waals surface area contributed by atoms with Gasteiger partial charge in [-0.15, -0.1) is 0 Å². The fourth-order valence-electron chi connectivity index (χ4n) is 3.62. The van der Waals surface area contributed by atoms with E-state index < -0.39 is 28.0 Å². The maximum atomic E-state index is 13.1. The van der Waals surface area contributed by atoms with Crippen molar-refractivity contribution in [3.05, 3.63) is 53.6 Å². The van der Waals surface area contributed by atoms with Crippen molar-refractivity contribution in [2.75, 3.05) is 23.7 Å². The number of anilines is 2. The highest BCUT2D eigenvalue weighted by Gasteiger charge is 2.29. The smallest absolute Gasteiger partial charge is 0.338 e. The number of rotatable bonds is 7. The van der Waals surface area contributed by atoms with Gasteiger partial charge in [-0.25, -0.2) is 13.2 Å². The van der Waals surface area contributed by atoms with Crippen LogP contribution in [0.5, 0.6) is 0 Å². The van der Waals surface area contributed by atoms with Gasteiger partial charge in [-0.05, 0) is 68.7 Å². The van der Waals surface area contributed by atoms with Crippen LogP contribution in [-0.4, -0.2) is 49.7 Å². The number of nitrogens with zero attached hydrogens (tertiary/aromatic N) is 1. The molecular formula is C24H29N3O6S. The fourth-order valence-corrected chi connectivity index (χ4v) is 5.38. The van der Waals surface area contributed by atoms with E-state index >= 15 is 0 Å². The van der Waals surface area contributed by atoms with Crippen LogP contribution < -0.4 is 10.6 Å². The Labute approximate surface area is 199 Å². The van der Waals surface area contributed by atoms with Crippen LogP contribution in [0.15, 0.2) is 47.4 Å². The van der Waals surface area contributed by atoms with Gasteiger partial charge < -0.3 is 15.4 Å². The van der Waals surface area contributed by atoms with Crippen molar-refractivity contribution < 1.29 is 27.5 Å². The Kier molecular flexibility index (Phi) is 8.06. The van der Waals surface area contributed by atoms with Crippen LogP contribution in [0.2, 0.25) is 0 Å². The highest BCUT2D eigenvalue weighted by molar-refractivity contribution is 7.89. The number of esters is 1. The molecule has 9 nitrogen and oxygen atoms in total. The van der Waals surface area contributed by atoms with E-state index in [0.29, 0.717) is 30.0 Å². The van der Waals surface area contributed by atoms with Crippen molar-refractivity contribution in [1.82, 2.24) is 4.31 Å². The third-order valence-corrected chi connectivity index (χ3v) is 7.52. The molecule has 1 aliphatic rings. The first kappa shape index (κ1) is 25.4. The molecule has 0 saturated carbocycles. The van der Waals surface area contributed by atoms with Crippen LogP contribution in [0, 0.1) is 6.92 Å². The molecule has 3 rings (SSSR count). The van der Waals surface area contributed by atoms with Crippen LogP contribution in [0.4, 0.5) is 11.4 Å². The van der Waals surface area contributed by atoms with E-state index in [-0.39, 0.29) is 16.4 Å². The van der Waals surface area contributed by atoms with Crippen LogP contribution >= 0.6 is 0 Å². The fraction of sp³-hybridized carbons (Fsp3) is 0.375. The number of hydrogen-bond acceptors (Lipinski definition) is 6. The zero-order valence-corrected chi connectivity index (χ0v) is 20.3. The lowest BCUT2D eigenvalue weighted by Crippen LogP contribution is -2.36. The van der Waals surface area contributed by atoms with Gasteiger partial charge in [-0.1, -0.05) is 12.5 Å². The number of hydrogen-bond donors (Lipinski definition) is 2. The van der Waals surface area contributed by atoms with Gasteiger partial charge in [0.25, 0.3) is 5.91 Å². The maximum absolute atomic E-state index is 13.1. The lowest BCUT2D eigenvalue weighted by molar-refractivity contribution is -0.123. The van der Waals surface area contributed by atoms with E-state index in [1.807, 2.05) is 0 Å². The topological polar surface area (TPSA) is 122 Å². The molecule has 1 atom stereocenters. The minimum Gasteiger partial charge on any atom is -0.449 e. The Hall–Kier alpha value is -3.24. The molecule has 2 aromatic rings. The zero-order valence-electron chi connectivity index (χ0n) is 19.5. The number of carbonyl (C=O) groups excluding carboxylic acids is 3. The first-order valence-electron chi connectivity index (χ1n) is 11.1. The average molecular weight is 488 g/mol. The normalized spacial score (nSPS) is 15.3. The molecule has 1 saturated heterocycles. The zero-order chi connectivity index (χ0) is 24.9. The van der Waals surface area contributed by atoms with Crippen LogP contribution in [0.3, 0.4) is 0 Å². The first-order chi connectivity index (χ1) is 16.1. The van der Waals surface area contributed by atoms with Gasteiger partial charge in [0.1, 0.15) is 0 Å². The molecule has 2 amide bonds. The van der Waals surface area contributed by atoms with Crippen molar-refractivity contribution in [1.29, 1.82) is 0 Å². The Morgan fingerprint density at radius 2 is 1.53 bits per heavy atom. The molecule has 1 heterocycles. The number of aryl methyl sites for hydroxylation is 1. The summed E-state index contributed by atoms with van der Waals surface area (Å²) in [5.41, 5.74) is 1.64. The minimum absolute atomic E-state index is 0.0560. The van der Waals surface area contributed by atoms with Crippen molar-refractivity contribution in [3.8, 4) is 0 Å². The summed E-state index contributed by atoms with van der Waals surface area (Å²) < 4.78 is 32.9. The standard InChI is InChI=1S/C24H29N3O6S/c1-16-7-8-19(15-22(16)34(31,32)27-13-5-4-6-14-27)24(30)33-17(2)23(29)26-21-11-9-20(10-12-21)25-18(3)28/h7-12,15,17H,4-6,13-14H2,1-3H3,(H,25,28)(H,26,29)/t17-/m1/s1. The van der Waals surface area contributed by atoms with Gasteiger partial charge in [0, 0.05) is 31.4 Å². The van der Waals surface area contributed by atoms with Gasteiger partial charge in [-0.2, -0.15) is 4.31 Å². The number of sulfonamides is 1. The molecule has 1 fully saturated rings. The molecule has 0 aromatic heterocycles. The number of benzene rings is 2. The molecule has 0 radical (unpaired) electrons. The van der Waals surface area contributed by atoms with E-state index in [1.165, 1.54) is 30.3 Å². The summed E-state index contributed by atoms with van der Waals surface area (Å²) in [6, 6.07) is 10.8. The number of carbonyl (C=O) groups is 3. The lowest BCUT2D eigenvalue weighted by Gasteiger charge is -2.26. The van der Waals surface area contributed by atoms with Crippen molar-refractivity contribution in [3.63, 3.8) is 0 Å². The van der Waals surface area contributed by atoms with E-state index in [0.717, 1.165) is 19.3 Å². The van der Waals surface area contributed by atoms with Gasteiger partial charge in [-0.3, -0.25) is 9.59 Å². The Bertz CT molecular complexity index is 1170. The molecule has 10 heteroatoms. The monoisotopic (exact) mass is 487 g/mol. The second kappa shape index (κ2) is 10.8. The first-order valence-corrected chi connectivity index (χ1v) is 12.5. The third kappa shape index (κ3) is 6.21. The molecule has 0 spiro atoms. The van der Waals surface area contributed by atoms with Crippen LogP contribution in [-0.2, 0) is 24.3 Å². The van der Waals surface area contributed by atoms with E-state index in [2.05, 4.69) is 10.6 Å². The summed E-state index contributed by atoms with van der Waals surface area (Å²) >= 11 is 0. The molecule has 2 N–H and O–H groups in total. The number of amides is 2. The van der Waals surface area contributed by atoms with Gasteiger partial charge >= 0.3 is 5.97 Å². The number of piperidine rings is 1. The number of nitrogens with one attached hydrogen (secondary N) is 2. The number of ether oxygens (including phenoxy) is 1. The molecular weight excluding hydrogens is 458 g/mol. The molecule has 0 bridgehead atoms. The Balaban J connectivity index is 1.67.